The summed E-state index contributed by atoms with van der Waals surface area (Å²) in [5.41, 5.74) is 9.91. The Morgan fingerprint density at radius 2 is 1.04 bits per heavy atom. The van der Waals surface area contributed by atoms with Gasteiger partial charge in [-0.25, -0.2) is 9.97 Å². The molecule has 2 heterocycles. The molecule has 252 valence electrons. The summed E-state index contributed by atoms with van der Waals surface area (Å²) in [6, 6.07) is 48.0. The summed E-state index contributed by atoms with van der Waals surface area (Å²) in [6.07, 6.45) is 2.74. The number of fused-ring (bicyclic) bond motifs is 12. The van der Waals surface area contributed by atoms with Crippen LogP contribution in [0.1, 0.15) is 61.8 Å². The highest BCUT2D eigenvalue weighted by molar-refractivity contribution is 6.05. The van der Waals surface area contributed by atoms with E-state index >= 15 is 0 Å². The summed E-state index contributed by atoms with van der Waals surface area (Å²) in [7, 11) is 0. The molecule has 2 aromatic heterocycles. The molecule has 0 saturated heterocycles. The first kappa shape index (κ1) is 30.9. The van der Waals surface area contributed by atoms with Crippen molar-refractivity contribution >= 4 is 49.3 Å². The first-order valence-electron chi connectivity index (χ1n) is 18.6. The van der Waals surface area contributed by atoms with E-state index in [4.69, 9.17) is 14.7 Å². The van der Waals surface area contributed by atoms with E-state index in [1.807, 2.05) is 6.92 Å². The highest BCUT2D eigenvalue weighted by Crippen LogP contribution is 2.63. The van der Waals surface area contributed by atoms with Crippen molar-refractivity contribution in [2.75, 3.05) is 6.61 Å². The van der Waals surface area contributed by atoms with Crippen molar-refractivity contribution in [1.29, 1.82) is 0 Å². The number of rotatable bonds is 7. The summed E-state index contributed by atoms with van der Waals surface area (Å²) in [6.45, 7) is 4.51. The Labute approximate surface area is 303 Å². The van der Waals surface area contributed by atoms with Crippen molar-refractivity contribution in [3.8, 4) is 22.5 Å². The molecule has 4 nitrogen and oxygen atoms in total. The van der Waals surface area contributed by atoms with Crippen LogP contribution < -0.4 is 0 Å². The standard InChI is InChI=1S/C48H38N2O2/c1-3-25-47(36-23-21-30-13-5-9-17-34(30)43(36)45-38(47)26-32-15-7-11-19-40(32)49-45)29-48(28-42(51)52-4-2)37-24-22-31-14-6-10-18-35(31)44(37)46-39(48)27-33-16-8-12-20-41(33)50-46/h5-24,26-27H,3-4,25,28-29H2,1-2H3. The Hall–Kier alpha value is -5.87. The van der Waals surface area contributed by atoms with E-state index in [1.54, 1.807) is 0 Å². The number of pyridine rings is 2. The molecule has 0 N–H and O–H groups in total. The third kappa shape index (κ3) is 4.30. The predicted molar refractivity (Wildman–Crippen MR) is 212 cm³/mol. The summed E-state index contributed by atoms with van der Waals surface area (Å²) in [5.74, 6) is -0.192. The molecule has 2 aliphatic rings. The fraction of sp³-hybridized carbons (Fsp3) is 0.188. The van der Waals surface area contributed by atoms with Gasteiger partial charge in [0, 0.05) is 32.7 Å². The number of aromatic nitrogens is 2. The van der Waals surface area contributed by atoms with Gasteiger partial charge in [0.05, 0.1) is 35.4 Å². The molecule has 2 aliphatic carbocycles. The second-order valence-electron chi connectivity index (χ2n) is 14.6. The Balaban J connectivity index is 1.34. The minimum Gasteiger partial charge on any atom is -0.466 e. The Bertz CT molecular complexity index is 2770. The van der Waals surface area contributed by atoms with Crippen LogP contribution >= 0.6 is 0 Å². The van der Waals surface area contributed by atoms with Gasteiger partial charge in [-0.2, -0.15) is 0 Å². The molecule has 52 heavy (non-hydrogen) atoms. The third-order valence-electron chi connectivity index (χ3n) is 11.9. The average Bonchev–Trinajstić information content (AvgIpc) is 3.58. The Morgan fingerprint density at radius 1 is 0.558 bits per heavy atom. The number of ether oxygens (including phenoxy) is 1. The Morgan fingerprint density at radius 3 is 1.58 bits per heavy atom. The van der Waals surface area contributed by atoms with Gasteiger partial charge < -0.3 is 4.74 Å². The van der Waals surface area contributed by atoms with Crippen molar-refractivity contribution in [1.82, 2.24) is 9.97 Å². The minimum atomic E-state index is -0.733. The van der Waals surface area contributed by atoms with Crippen LogP contribution in [0, 0.1) is 0 Å². The van der Waals surface area contributed by atoms with Crippen LogP contribution in [0.4, 0.5) is 0 Å². The smallest absolute Gasteiger partial charge is 0.307 e. The quantitative estimate of drug-likeness (QED) is 0.158. The van der Waals surface area contributed by atoms with E-state index in [1.165, 1.54) is 27.5 Å². The molecule has 0 aliphatic heterocycles. The zero-order valence-corrected chi connectivity index (χ0v) is 29.4. The molecule has 0 bridgehead atoms. The van der Waals surface area contributed by atoms with Crippen molar-refractivity contribution in [2.24, 2.45) is 0 Å². The second kappa shape index (κ2) is 11.6. The monoisotopic (exact) mass is 674 g/mol. The van der Waals surface area contributed by atoms with Gasteiger partial charge in [-0.15, -0.1) is 0 Å². The topological polar surface area (TPSA) is 52.1 Å². The van der Waals surface area contributed by atoms with Gasteiger partial charge in [-0.05, 0) is 87.8 Å². The third-order valence-corrected chi connectivity index (χ3v) is 11.9. The molecule has 0 radical (unpaired) electrons. The van der Waals surface area contributed by atoms with E-state index < -0.39 is 10.8 Å². The van der Waals surface area contributed by atoms with Crippen molar-refractivity contribution in [3.63, 3.8) is 0 Å². The van der Waals surface area contributed by atoms with Gasteiger partial charge >= 0.3 is 5.97 Å². The molecule has 0 fully saturated rings. The molecule has 4 heteroatoms. The van der Waals surface area contributed by atoms with Gasteiger partial charge in [0.25, 0.3) is 0 Å². The van der Waals surface area contributed by atoms with E-state index in [9.17, 15) is 4.79 Å². The van der Waals surface area contributed by atoms with Crippen molar-refractivity contribution in [3.05, 3.63) is 156 Å². The lowest BCUT2D eigenvalue weighted by atomic mass is 9.60. The number of para-hydroxylation sites is 2. The molecule has 0 amide bonds. The van der Waals surface area contributed by atoms with Crippen LogP contribution in [0.2, 0.25) is 0 Å². The van der Waals surface area contributed by atoms with Crippen LogP contribution in [0.25, 0.3) is 65.9 Å². The first-order valence-corrected chi connectivity index (χ1v) is 18.6. The van der Waals surface area contributed by atoms with E-state index in [2.05, 4.69) is 140 Å². The number of carbonyl (C=O) groups excluding carboxylic acids is 1. The van der Waals surface area contributed by atoms with Crippen molar-refractivity contribution < 1.29 is 9.53 Å². The van der Waals surface area contributed by atoms with Gasteiger partial charge in [-0.3, -0.25) is 4.79 Å². The molecule has 2 atom stereocenters. The highest BCUT2D eigenvalue weighted by atomic mass is 16.5. The summed E-state index contributed by atoms with van der Waals surface area (Å²) in [4.78, 5) is 25.1. The average molecular weight is 675 g/mol. The van der Waals surface area contributed by atoms with Crippen molar-refractivity contribution in [2.45, 2.75) is 50.4 Å². The summed E-state index contributed by atoms with van der Waals surface area (Å²) >= 11 is 0. The van der Waals surface area contributed by atoms with Gasteiger partial charge in [0.15, 0.2) is 0 Å². The maximum Gasteiger partial charge on any atom is 0.307 e. The first-order chi connectivity index (χ1) is 25.5. The summed E-state index contributed by atoms with van der Waals surface area (Å²) in [5, 5.41) is 6.94. The largest absolute Gasteiger partial charge is 0.466 e. The highest BCUT2D eigenvalue weighted by Gasteiger charge is 2.55. The molecular formula is C48H38N2O2. The zero-order valence-electron chi connectivity index (χ0n) is 29.4. The van der Waals surface area contributed by atoms with Crippen LogP contribution in [-0.2, 0) is 20.4 Å². The van der Waals surface area contributed by atoms with Crippen LogP contribution in [0.3, 0.4) is 0 Å². The van der Waals surface area contributed by atoms with Gasteiger partial charge in [0.2, 0.25) is 0 Å². The number of nitrogens with zero attached hydrogens (tertiary/aromatic N) is 2. The SMILES string of the molecule is CCCC1(CC2(CC(=O)OCC)c3cc4ccccc4nc3-c3c2ccc2ccccc32)c2cc3ccccc3nc2-c2c1ccc1ccccc21. The second-order valence-corrected chi connectivity index (χ2v) is 14.6. The predicted octanol–water partition coefficient (Wildman–Crippen LogP) is 11.5. The van der Waals surface area contributed by atoms with Crippen LogP contribution in [0.15, 0.2) is 133 Å². The lowest BCUT2D eigenvalue weighted by Crippen LogP contribution is -2.39. The molecule has 6 aromatic carbocycles. The molecule has 0 spiro atoms. The Kier molecular flexibility index (Phi) is 6.88. The number of hydrogen-bond donors (Lipinski definition) is 0. The lowest BCUT2D eigenvalue weighted by Gasteiger charge is -2.42. The number of carbonyl (C=O) groups is 1. The van der Waals surface area contributed by atoms with Crippen LogP contribution in [-0.4, -0.2) is 22.5 Å². The van der Waals surface area contributed by atoms with E-state index in [0.29, 0.717) is 13.0 Å². The zero-order chi connectivity index (χ0) is 35.0. The fourth-order valence-electron chi connectivity index (χ4n) is 9.88. The van der Waals surface area contributed by atoms with E-state index in [0.717, 1.165) is 73.5 Å². The molecule has 0 saturated carbocycles. The van der Waals surface area contributed by atoms with E-state index in [-0.39, 0.29) is 12.4 Å². The number of hydrogen-bond acceptors (Lipinski definition) is 4. The molecule has 10 rings (SSSR count). The normalized spacial score (nSPS) is 18.4. The fourth-order valence-corrected chi connectivity index (χ4v) is 9.88. The van der Waals surface area contributed by atoms with Gasteiger partial charge in [0.1, 0.15) is 0 Å². The lowest BCUT2D eigenvalue weighted by molar-refractivity contribution is -0.144. The maximum atomic E-state index is 14.2. The maximum absolute atomic E-state index is 14.2. The summed E-state index contributed by atoms with van der Waals surface area (Å²) < 4.78 is 5.87. The number of esters is 1. The molecule has 2 unspecified atom stereocenters. The molecule has 8 aromatic rings. The minimum absolute atomic E-state index is 0.192. The van der Waals surface area contributed by atoms with Gasteiger partial charge in [-0.1, -0.05) is 123 Å². The molecular weight excluding hydrogens is 637 g/mol. The number of benzene rings is 6. The van der Waals surface area contributed by atoms with Crippen LogP contribution in [0.5, 0.6) is 0 Å².